The van der Waals surface area contributed by atoms with Crippen molar-refractivity contribution in [3.05, 3.63) is 95.9 Å². The normalized spacial score (nSPS) is 11.1. The number of hydrogen-bond donors (Lipinski definition) is 1. The van der Waals surface area contributed by atoms with Crippen molar-refractivity contribution in [3.8, 4) is 22.6 Å². The molecule has 0 saturated carbocycles. The molecule has 3 aromatic carbocycles. The zero-order valence-electron chi connectivity index (χ0n) is 15.6. The Morgan fingerprint density at radius 2 is 1.69 bits per heavy atom. The molecule has 0 aliphatic rings. The number of aromatic nitrogens is 1. The minimum Gasteiger partial charge on any atom is -0.445 e. The van der Waals surface area contributed by atoms with Gasteiger partial charge in [-0.05, 0) is 60.0 Å². The lowest BCUT2D eigenvalue weighted by atomic mass is 9.98. The number of oxazole rings is 1. The van der Waals surface area contributed by atoms with Crippen LogP contribution in [0, 0.1) is 18.6 Å². The van der Waals surface area contributed by atoms with E-state index in [-0.39, 0.29) is 5.56 Å². The third-order valence-electron chi connectivity index (χ3n) is 4.50. The highest BCUT2D eigenvalue weighted by Crippen LogP contribution is 2.29. The lowest BCUT2D eigenvalue weighted by Crippen LogP contribution is -1.96. The van der Waals surface area contributed by atoms with Crippen molar-refractivity contribution in [2.75, 3.05) is 5.43 Å². The number of nitrogens with zero attached hydrogens (tertiary/aromatic N) is 2. The summed E-state index contributed by atoms with van der Waals surface area (Å²) in [7, 11) is 0. The molecule has 1 heterocycles. The van der Waals surface area contributed by atoms with Crippen molar-refractivity contribution >= 4 is 11.9 Å². The van der Waals surface area contributed by atoms with Crippen LogP contribution in [0.5, 0.6) is 0 Å². The van der Waals surface area contributed by atoms with Crippen molar-refractivity contribution in [1.29, 1.82) is 0 Å². The van der Waals surface area contributed by atoms with Gasteiger partial charge in [-0.25, -0.2) is 13.8 Å². The second kappa shape index (κ2) is 8.06. The molecule has 0 bridgehead atoms. The van der Waals surface area contributed by atoms with Crippen LogP contribution in [0.3, 0.4) is 0 Å². The maximum absolute atomic E-state index is 13.6. The molecule has 0 radical (unpaired) electrons. The van der Waals surface area contributed by atoms with E-state index in [1.54, 1.807) is 12.5 Å². The first-order valence-electron chi connectivity index (χ1n) is 8.96. The first-order valence-corrected chi connectivity index (χ1v) is 8.96. The van der Waals surface area contributed by atoms with Gasteiger partial charge in [0.15, 0.2) is 0 Å². The molecule has 4 nitrogen and oxygen atoms in total. The van der Waals surface area contributed by atoms with Gasteiger partial charge in [-0.2, -0.15) is 5.10 Å². The van der Waals surface area contributed by atoms with Crippen molar-refractivity contribution in [3.63, 3.8) is 0 Å². The number of hydrazone groups is 1. The molecule has 6 heteroatoms. The summed E-state index contributed by atoms with van der Waals surface area (Å²) in [5, 5.41) is 3.93. The first-order chi connectivity index (χ1) is 14.1. The molecular weight excluding hydrogens is 372 g/mol. The minimum atomic E-state index is -0.660. The molecular formula is C23H17F2N3O. The molecule has 144 valence electrons. The number of nitrogens with one attached hydrogen (secondary N) is 1. The van der Waals surface area contributed by atoms with Crippen LogP contribution in [0.25, 0.3) is 22.6 Å². The smallest absolute Gasteiger partial charge is 0.225 e. The molecule has 0 unspecified atom stereocenters. The van der Waals surface area contributed by atoms with Crippen LogP contribution < -0.4 is 5.43 Å². The van der Waals surface area contributed by atoms with Gasteiger partial charge in [0.05, 0.1) is 23.7 Å². The van der Waals surface area contributed by atoms with Crippen LogP contribution in [0.4, 0.5) is 14.5 Å². The van der Waals surface area contributed by atoms with E-state index in [1.165, 1.54) is 18.2 Å². The molecule has 0 aliphatic carbocycles. The fourth-order valence-electron chi connectivity index (χ4n) is 2.96. The Kier molecular flexibility index (Phi) is 5.16. The van der Waals surface area contributed by atoms with Gasteiger partial charge in [0.2, 0.25) is 5.89 Å². The highest BCUT2D eigenvalue weighted by Gasteiger charge is 2.08. The Labute approximate surface area is 166 Å². The predicted octanol–water partition coefficient (Wildman–Crippen LogP) is 6.04. The lowest BCUT2D eigenvalue weighted by molar-refractivity contribution is 0.574. The van der Waals surface area contributed by atoms with Crippen LogP contribution in [0.15, 0.2) is 82.6 Å². The highest BCUT2D eigenvalue weighted by molar-refractivity contribution is 5.81. The van der Waals surface area contributed by atoms with Gasteiger partial charge in [-0.1, -0.05) is 24.3 Å². The van der Waals surface area contributed by atoms with E-state index in [9.17, 15) is 8.78 Å². The van der Waals surface area contributed by atoms with E-state index in [1.807, 2.05) is 49.4 Å². The summed E-state index contributed by atoms with van der Waals surface area (Å²) in [5.74, 6) is -0.751. The number of aryl methyl sites for hydroxylation is 1. The standard InChI is InChI=1S/C23H17F2N3O/c1-15-5-6-17(23-26-11-12-29-23)13-19(15)16-7-9-18(10-8-16)28-27-14-20-21(24)3-2-4-22(20)25/h2-14,28H,1H3/b27-14+. The first kappa shape index (κ1) is 18.6. The summed E-state index contributed by atoms with van der Waals surface area (Å²) in [6, 6.07) is 17.3. The van der Waals surface area contributed by atoms with E-state index in [0.717, 1.165) is 28.5 Å². The Balaban J connectivity index is 1.53. The summed E-state index contributed by atoms with van der Waals surface area (Å²) in [5.41, 5.74) is 7.39. The number of rotatable bonds is 5. The largest absolute Gasteiger partial charge is 0.445 e. The quantitative estimate of drug-likeness (QED) is 0.334. The van der Waals surface area contributed by atoms with Gasteiger partial charge in [0.1, 0.15) is 17.9 Å². The highest BCUT2D eigenvalue weighted by atomic mass is 19.1. The van der Waals surface area contributed by atoms with Crippen LogP contribution in [0.1, 0.15) is 11.1 Å². The summed E-state index contributed by atoms with van der Waals surface area (Å²) in [4.78, 5) is 4.19. The molecule has 1 aromatic heterocycles. The Bertz CT molecular complexity index is 1130. The zero-order chi connectivity index (χ0) is 20.2. The third kappa shape index (κ3) is 4.06. The fourth-order valence-corrected chi connectivity index (χ4v) is 2.96. The van der Waals surface area contributed by atoms with Crippen LogP contribution in [0.2, 0.25) is 0 Å². The van der Waals surface area contributed by atoms with Gasteiger partial charge < -0.3 is 4.42 Å². The minimum absolute atomic E-state index is 0.185. The molecule has 29 heavy (non-hydrogen) atoms. The number of benzene rings is 3. The van der Waals surface area contributed by atoms with Gasteiger partial charge in [0, 0.05) is 5.56 Å². The summed E-state index contributed by atoms with van der Waals surface area (Å²) < 4.78 is 32.6. The van der Waals surface area contributed by atoms with E-state index in [0.29, 0.717) is 11.6 Å². The fraction of sp³-hybridized carbons (Fsp3) is 0.0435. The van der Waals surface area contributed by atoms with Gasteiger partial charge >= 0.3 is 0 Å². The van der Waals surface area contributed by atoms with Crippen LogP contribution >= 0.6 is 0 Å². The monoisotopic (exact) mass is 389 g/mol. The van der Waals surface area contributed by atoms with Crippen molar-refractivity contribution in [1.82, 2.24) is 4.98 Å². The van der Waals surface area contributed by atoms with Crippen molar-refractivity contribution < 1.29 is 13.2 Å². The summed E-state index contributed by atoms with van der Waals surface area (Å²) in [6.45, 7) is 2.04. The number of hydrogen-bond acceptors (Lipinski definition) is 4. The molecule has 0 amide bonds. The molecule has 0 spiro atoms. The topological polar surface area (TPSA) is 50.4 Å². The Morgan fingerprint density at radius 1 is 0.966 bits per heavy atom. The van der Waals surface area contributed by atoms with E-state index in [2.05, 4.69) is 15.5 Å². The zero-order valence-corrected chi connectivity index (χ0v) is 15.6. The molecule has 0 saturated heterocycles. The predicted molar refractivity (Wildman–Crippen MR) is 110 cm³/mol. The van der Waals surface area contributed by atoms with Crippen LogP contribution in [-0.4, -0.2) is 11.2 Å². The molecule has 0 aliphatic heterocycles. The molecule has 1 N–H and O–H groups in total. The molecule has 0 fully saturated rings. The van der Waals surface area contributed by atoms with E-state index in [4.69, 9.17) is 4.42 Å². The Hall–Kier alpha value is -3.80. The third-order valence-corrected chi connectivity index (χ3v) is 4.50. The average Bonchev–Trinajstić information content (AvgIpc) is 3.26. The number of anilines is 1. The Morgan fingerprint density at radius 3 is 2.38 bits per heavy atom. The van der Waals surface area contributed by atoms with E-state index < -0.39 is 11.6 Å². The molecule has 0 atom stereocenters. The average molecular weight is 389 g/mol. The van der Waals surface area contributed by atoms with Gasteiger partial charge in [-0.15, -0.1) is 0 Å². The second-order valence-corrected chi connectivity index (χ2v) is 6.45. The number of halogens is 2. The summed E-state index contributed by atoms with van der Waals surface area (Å²) >= 11 is 0. The van der Waals surface area contributed by atoms with Gasteiger partial charge in [-0.3, -0.25) is 5.43 Å². The maximum atomic E-state index is 13.6. The van der Waals surface area contributed by atoms with Crippen molar-refractivity contribution in [2.24, 2.45) is 5.10 Å². The molecule has 4 rings (SSSR count). The van der Waals surface area contributed by atoms with Crippen molar-refractivity contribution in [2.45, 2.75) is 6.92 Å². The van der Waals surface area contributed by atoms with Crippen LogP contribution in [-0.2, 0) is 0 Å². The summed E-state index contributed by atoms with van der Waals surface area (Å²) in [6.07, 6.45) is 4.29. The molecule has 4 aromatic rings. The van der Waals surface area contributed by atoms with E-state index >= 15 is 0 Å². The lowest BCUT2D eigenvalue weighted by Gasteiger charge is -2.09. The second-order valence-electron chi connectivity index (χ2n) is 6.45. The maximum Gasteiger partial charge on any atom is 0.225 e. The van der Waals surface area contributed by atoms with Gasteiger partial charge in [0.25, 0.3) is 0 Å². The SMILES string of the molecule is Cc1ccc(-c2ncco2)cc1-c1ccc(N/N=C/c2c(F)cccc2F)cc1.